The highest BCUT2D eigenvalue weighted by Gasteiger charge is 2.15. The second kappa shape index (κ2) is 6.95. The molecule has 0 aliphatic heterocycles. The van der Waals surface area contributed by atoms with Crippen LogP contribution in [0, 0.1) is 0 Å². The second-order valence-electron chi connectivity index (χ2n) is 6.15. The molecule has 0 bridgehead atoms. The summed E-state index contributed by atoms with van der Waals surface area (Å²) in [6, 6.07) is 10.3. The summed E-state index contributed by atoms with van der Waals surface area (Å²) in [7, 11) is 0.546. The minimum atomic E-state index is -3.21. The Labute approximate surface area is 153 Å². The number of carbonyl (C=O) groups excluding carboxylic acids is 1. The Morgan fingerprint density at radius 1 is 1.23 bits per heavy atom. The molecule has 0 aliphatic carbocycles. The SMILES string of the molecule is Bc1nccc2cc(C(=O)NCc3ccc(S(=O)(=O)CC)cc3)n(C)c12. The number of aromatic nitrogens is 2. The molecule has 3 rings (SSSR count). The summed E-state index contributed by atoms with van der Waals surface area (Å²) in [5.41, 5.74) is 3.20. The number of hydrogen-bond donors (Lipinski definition) is 1. The number of nitrogens with one attached hydrogen (secondary N) is 1. The van der Waals surface area contributed by atoms with Gasteiger partial charge in [0, 0.05) is 30.8 Å². The summed E-state index contributed by atoms with van der Waals surface area (Å²) in [6.45, 7) is 1.94. The van der Waals surface area contributed by atoms with Gasteiger partial charge in [-0.2, -0.15) is 0 Å². The second-order valence-corrected chi connectivity index (χ2v) is 8.43. The van der Waals surface area contributed by atoms with E-state index in [2.05, 4.69) is 10.3 Å². The predicted molar refractivity (Wildman–Crippen MR) is 104 cm³/mol. The third kappa shape index (κ3) is 3.37. The van der Waals surface area contributed by atoms with Crippen molar-refractivity contribution in [3.05, 3.63) is 53.9 Å². The quantitative estimate of drug-likeness (QED) is 0.667. The Balaban J connectivity index is 1.75. The van der Waals surface area contributed by atoms with E-state index in [1.807, 2.05) is 31.6 Å². The fraction of sp³-hybridized carbons (Fsp3) is 0.222. The van der Waals surface area contributed by atoms with Crippen molar-refractivity contribution >= 4 is 40.1 Å². The Kier molecular flexibility index (Phi) is 4.87. The molecule has 1 amide bonds. The lowest BCUT2D eigenvalue weighted by Gasteiger charge is -2.08. The third-order valence-electron chi connectivity index (χ3n) is 4.48. The first-order valence-electron chi connectivity index (χ1n) is 8.34. The molecular weight excluding hydrogens is 349 g/mol. The highest BCUT2D eigenvalue weighted by molar-refractivity contribution is 7.91. The van der Waals surface area contributed by atoms with E-state index >= 15 is 0 Å². The molecule has 0 spiro atoms. The van der Waals surface area contributed by atoms with E-state index in [9.17, 15) is 13.2 Å². The zero-order chi connectivity index (χ0) is 18.9. The van der Waals surface area contributed by atoms with E-state index in [0.29, 0.717) is 17.1 Å². The minimum Gasteiger partial charge on any atom is -0.347 e. The third-order valence-corrected chi connectivity index (χ3v) is 6.23. The first kappa shape index (κ1) is 18.2. The summed E-state index contributed by atoms with van der Waals surface area (Å²) in [5.74, 6) is -0.119. The first-order valence-corrected chi connectivity index (χ1v) is 9.99. The van der Waals surface area contributed by atoms with Crippen LogP contribution in [0.1, 0.15) is 23.0 Å². The molecule has 0 unspecified atom stereocenters. The Morgan fingerprint density at radius 3 is 2.54 bits per heavy atom. The van der Waals surface area contributed by atoms with Crippen molar-refractivity contribution in [3.8, 4) is 0 Å². The Morgan fingerprint density at radius 2 is 1.92 bits per heavy atom. The molecule has 2 aromatic heterocycles. The number of amides is 1. The average Bonchev–Trinajstić information content (AvgIpc) is 2.98. The Bertz CT molecular complexity index is 1070. The Hall–Kier alpha value is -2.61. The number of rotatable bonds is 5. The summed E-state index contributed by atoms with van der Waals surface area (Å²) in [6.07, 6.45) is 1.73. The summed E-state index contributed by atoms with van der Waals surface area (Å²) >= 11 is 0. The van der Waals surface area contributed by atoms with Gasteiger partial charge in [0.25, 0.3) is 5.91 Å². The molecule has 0 radical (unpaired) electrons. The van der Waals surface area contributed by atoms with Crippen LogP contribution in [0.3, 0.4) is 0 Å². The number of fused-ring (bicyclic) bond motifs is 1. The molecule has 0 saturated carbocycles. The lowest BCUT2D eigenvalue weighted by Crippen LogP contribution is -2.25. The van der Waals surface area contributed by atoms with Gasteiger partial charge < -0.3 is 9.88 Å². The van der Waals surface area contributed by atoms with Crippen LogP contribution in [0.15, 0.2) is 47.5 Å². The molecule has 3 aromatic rings. The zero-order valence-electron chi connectivity index (χ0n) is 15.0. The lowest BCUT2D eigenvalue weighted by molar-refractivity contribution is 0.0943. The number of pyridine rings is 1. The highest BCUT2D eigenvalue weighted by atomic mass is 32.2. The van der Waals surface area contributed by atoms with Gasteiger partial charge in [0.15, 0.2) is 17.7 Å². The maximum atomic E-state index is 12.5. The molecule has 0 aliphatic rings. The number of aryl methyl sites for hydroxylation is 1. The normalized spacial score (nSPS) is 11.6. The number of nitrogens with zero attached hydrogens (tertiary/aromatic N) is 2. The standard InChI is InChI=1S/C18H20BN3O3S/c1-3-26(24,25)14-6-4-12(5-7-14)11-21-18(23)15-10-13-8-9-20-17(19)16(13)22(15)2/h4-10H,3,11,19H2,1-2H3,(H,21,23). The molecule has 0 saturated heterocycles. The van der Waals surface area contributed by atoms with Crippen LogP contribution >= 0.6 is 0 Å². The van der Waals surface area contributed by atoms with Gasteiger partial charge in [-0.3, -0.25) is 9.78 Å². The van der Waals surface area contributed by atoms with E-state index in [0.717, 1.165) is 22.1 Å². The van der Waals surface area contributed by atoms with Crippen molar-refractivity contribution < 1.29 is 13.2 Å². The summed E-state index contributed by atoms with van der Waals surface area (Å²) in [4.78, 5) is 17.1. The number of hydrogen-bond acceptors (Lipinski definition) is 4. The topological polar surface area (TPSA) is 81.1 Å². The van der Waals surface area contributed by atoms with Gasteiger partial charge in [-0.1, -0.05) is 19.1 Å². The molecule has 1 aromatic carbocycles. The van der Waals surface area contributed by atoms with Gasteiger partial charge in [-0.25, -0.2) is 8.42 Å². The van der Waals surface area contributed by atoms with Crippen LogP contribution in [0.5, 0.6) is 0 Å². The van der Waals surface area contributed by atoms with Crippen LogP contribution in [0.25, 0.3) is 10.9 Å². The fourth-order valence-corrected chi connectivity index (χ4v) is 3.85. The van der Waals surface area contributed by atoms with E-state index in [-0.39, 0.29) is 11.7 Å². The molecule has 2 heterocycles. The molecule has 1 N–H and O–H groups in total. The average molecular weight is 369 g/mol. The van der Waals surface area contributed by atoms with Gasteiger partial charge in [0.05, 0.1) is 16.2 Å². The van der Waals surface area contributed by atoms with Crippen molar-refractivity contribution in [2.75, 3.05) is 5.75 Å². The van der Waals surface area contributed by atoms with Gasteiger partial charge in [-0.15, -0.1) is 0 Å². The fourth-order valence-electron chi connectivity index (χ4n) is 2.97. The monoisotopic (exact) mass is 369 g/mol. The molecule has 0 atom stereocenters. The first-order chi connectivity index (χ1) is 12.3. The smallest absolute Gasteiger partial charge is 0.268 e. The van der Waals surface area contributed by atoms with Gasteiger partial charge in [-0.05, 0) is 29.8 Å². The van der Waals surface area contributed by atoms with Crippen LogP contribution in [0.2, 0.25) is 0 Å². The van der Waals surface area contributed by atoms with Crippen LogP contribution < -0.4 is 10.9 Å². The maximum absolute atomic E-state index is 12.5. The number of sulfone groups is 1. The predicted octanol–water partition coefficient (Wildman–Crippen LogP) is 0.555. The maximum Gasteiger partial charge on any atom is 0.268 e. The summed E-state index contributed by atoms with van der Waals surface area (Å²) < 4.78 is 25.5. The van der Waals surface area contributed by atoms with Gasteiger partial charge >= 0.3 is 0 Å². The van der Waals surface area contributed by atoms with E-state index in [1.165, 1.54) is 0 Å². The zero-order valence-corrected chi connectivity index (χ0v) is 15.8. The largest absolute Gasteiger partial charge is 0.347 e. The summed E-state index contributed by atoms with van der Waals surface area (Å²) in [5, 5.41) is 3.85. The van der Waals surface area contributed by atoms with Crippen LogP contribution in [-0.4, -0.2) is 37.5 Å². The minimum absolute atomic E-state index is 0.0679. The van der Waals surface area contributed by atoms with Crippen molar-refractivity contribution in [1.82, 2.24) is 14.9 Å². The van der Waals surface area contributed by atoms with Crippen molar-refractivity contribution in [2.24, 2.45) is 7.05 Å². The molecule has 0 fully saturated rings. The van der Waals surface area contributed by atoms with E-state index in [4.69, 9.17) is 0 Å². The van der Waals surface area contributed by atoms with Crippen LogP contribution in [0.4, 0.5) is 0 Å². The highest BCUT2D eigenvalue weighted by Crippen LogP contribution is 2.16. The van der Waals surface area contributed by atoms with Gasteiger partial charge in [0.1, 0.15) is 5.69 Å². The molecular formula is C18H20BN3O3S. The molecule has 26 heavy (non-hydrogen) atoms. The van der Waals surface area contributed by atoms with E-state index < -0.39 is 9.84 Å². The van der Waals surface area contributed by atoms with E-state index in [1.54, 1.807) is 37.4 Å². The van der Waals surface area contributed by atoms with Crippen LogP contribution in [-0.2, 0) is 23.4 Å². The number of carbonyl (C=O) groups is 1. The lowest BCUT2D eigenvalue weighted by atomic mass is 10.0. The van der Waals surface area contributed by atoms with Gasteiger partial charge in [0.2, 0.25) is 0 Å². The van der Waals surface area contributed by atoms with Crippen molar-refractivity contribution in [3.63, 3.8) is 0 Å². The van der Waals surface area contributed by atoms with Crippen molar-refractivity contribution in [2.45, 2.75) is 18.4 Å². The number of benzene rings is 1. The molecule has 8 heteroatoms. The van der Waals surface area contributed by atoms with Crippen molar-refractivity contribution in [1.29, 1.82) is 0 Å². The molecule has 134 valence electrons. The molecule has 6 nitrogen and oxygen atoms in total.